The minimum atomic E-state index is 0.508. The van der Waals surface area contributed by atoms with Crippen LogP contribution in [0.25, 0.3) is 10.8 Å². The molecule has 0 atom stereocenters. The van der Waals surface area contributed by atoms with Crippen molar-refractivity contribution in [2.24, 2.45) is 4.99 Å². The summed E-state index contributed by atoms with van der Waals surface area (Å²) in [5.41, 5.74) is 4.22. The molecule has 0 aliphatic carbocycles. The van der Waals surface area contributed by atoms with E-state index in [2.05, 4.69) is 76.4 Å². The second-order valence-electron chi connectivity index (χ2n) is 6.65. The third kappa shape index (κ3) is 4.15. The first-order chi connectivity index (χ1) is 13.7. The van der Waals surface area contributed by atoms with Crippen LogP contribution in [0.15, 0.2) is 94.4 Å². The van der Waals surface area contributed by atoms with E-state index in [4.69, 9.17) is 4.74 Å². The highest BCUT2D eigenvalue weighted by molar-refractivity contribution is 9.10. The Kier molecular flexibility index (Phi) is 5.54. The van der Waals surface area contributed by atoms with Crippen molar-refractivity contribution in [2.75, 3.05) is 0 Å². The van der Waals surface area contributed by atoms with Gasteiger partial charge in [0.25, 0.3) is 0 Å². The van der Waals surface area contributed by atoms with Gasteiger partial charge in [-0.15, -0.1) is 0 Å². The lowest BCUT2D eigenvalue weighted by atomic mass is 10.1. The van der Waals surface area contributed by atoms with E-state index >= 15 is 0 Å². The molecule has 0 saturated heterocycles. The Hall–Kier alpha value is -2.91. The van der Waals surface area contributed by atoms with Gasteiger partial charge in [-0.25, -0.2) is 0 Å². The van der Waals surface area contributed by atoms with Gasteiger partial charge in [-0.1, -0.05) is 76.6 Å². The molecule has 4 rings (SSSR count). The van der Waals surface area contributed by atoms with Crippen LogP contribution < -0.4 is 4.74 Å². The van der Waals surface area contributed by atoms with Gasteiger partial charge in [-0.05, 0) is 53.1 Å². The number of hydrogen-bond acceptors (Lipinski definition) is 2. The lowest BCUT2D eigenvalue weighted by molar-refractivity contribution is 0.307. The lowest BCUT2D eigenvalue weighted by Gasteiger charge is -2.12. The van der Waals surface area contributed by atoms with E-state index < -0.39 is 0 Å². The van der Waals surface area contributed by atoms with Gasteiger partial charge in [0.05, 0.1) is 5.69 Å². The first kappa shape index (κ1) is 18.5. The Balaban J connectivity index is 1.61. The first-order valence-electron chi connectivity index (χ1n) is 9.19. The zero-order chi connectivity index (χ0) is 19.3. The van der Waals surface area contributed by atoms with Crippen molar-refractivity contribution >= 4 is 38.6 Å². The number of ether oxygens (including phenoxy) is 1. The zero-order valence-electron chi connectivity index (χ0n) is 15.6. The molecule has 4 aromatic rings. The average Bonchev–Trinajstić information content (AvgIpc) is 2.72. The minimum Gasteiger partial charge on any atom is -0.488 e. The van der Waals surface area contributed by atoms with Crippen molar-refractivity contribution < 1.29 is 4.74 Å². The van der Waals surface area contributed by atoms with Crippen molar-refractivity contribution in [2.45, 2.75) is 13.5 Å². The summed E-state index contributed by atoms with van der Waals surface area (Å²) in [4.78, 5) is 4.66. The van der Waals surface area contributed by atoms with Crippen LogP contribution in [0.1, 0.15) is 16.7 Å². The second kappa shape index (κ2) is 8.41. The summed E-state index contributed by atoms with van der Waals surface area (Å²) in [6, 6.07) is 28.8. The molecule has 0 bridgehead atoms. The summed E-state index contributed by atoms with van der Waals surface area (Å²) in [7, 11) is 0. The monoisotopic (exact) mass is 429 g/mol. The average molecular weight is 430 g/mol. The van der Waals surface area contributed by atoms with E-state index in [0.717, 1.165) is 27.0 Å². The SMILES string of the molecule is Cc1ccccc1N=Cc1cc(Br)ccc1OCc1cccc2ccccc12. The Morgan fingerprint density at radius 1 is 0.893 bits per heavy atom. The van der Waals surface area contributed by atoms with Gasteiger partial charge in [0.1, 0.15) is 12.4 Å². The number of para-hydroxylation sites is 1. The summed E-state index contributed by atoms with van der Waals surface area (Å²) in [6.45, 7) is 2.57. The smallest absolute Gasteiger partial charge is 0.128 e. The predicted octanol–water partition coefficient (Wildman–Crippen LogP) is 7.24. The maximum atomic E-state index is 6.19. The van der Waals surface area contributed by atoms with Crippen molar-refractivity contribution in [1.29, 1.82) is 0 Å². The van der Waals surface area contributed by atoms with E-state index in [1.807, 2.05) is 42.6 Å². The van der Waals surface area contributed by atoms with E-state index in [9.17, 15) is 0 Å². The number of halogens is 1. The van der Waals surface area contributed by atoms with Gasteiger partial charge in [-0.3, -0.25) is 4.99 Å². The molecular weight excluding hydrogens is 410 g/mol. The van der Waals surface area contributed by atoms with Crippen LogP contribution in [-0.4, -0.2) is 6.21 Å². The standard InChI is InChI=1S/C25H20BrNO/c1-18-7-2-5-12-24(18)27-16-21-15-22(26)13-14-25(21)28-17-20-10-6-9-19-8-3-4-11-23(19)20/h2-16H,17H2,1H3. The third-order valence-corrected chi connectivity index (χ3v) is 5.19. The molecule has 4 aromatic carbocycles. The summed E-state index contributed by atoms with van der Waals surface area (Å²) in [5, 5.41) is 2.44. The van der Waals surface area contributed by atoms with E-state index in [0.29, 0.717) is 6.61 Å². The number of nitrogens with zero attached hydrogens (tertiary/aromatic N) is 1. The molecule has 0 radical (unpaired) electrons. The number of aryl methyl sites for hydroxylation is 1. The topological polar surface area (TPSA) is 21.6 Å². The van der Waals surface area contributed by atoms with Crippen molar-refractivity contribution in [3.63, 3.8) is 0 Å². The molecule has 2 nitrogen and oxygen atoms in total. The van der Waals surface area contributed by atoms with Crippen molar-refractivity contribution in [3.05, 3.63) is 106 Å². The molecular formula is C25H20BrNO. The Morgan fingerprint density at radius 3 is 2.57 bits per heavy atom. The van der Waals surface area contributed by atoms with Crippen LogP contribution in [0.3, 0.4) is 0 Å². The molecule has 28 heavy (non-hydrogen) atoms. The maximum Gasteiger partial charge on any atom is 0.128 e. The van der Waals surface area contributed by atoms with Crippen molar-refractivity contribution in [1.82, 2.24) is 0 Å². The molecule has 3 heteroatoms. The molecule has 0 aromatic heterocycles. The lowest BCUT2D eigenvalue weighted by Crippen LogP contribution is -1.99. The first-order valence-corrected chi connectivity index (χ1v) is 9.99. The molecule has 0 saturated carbocycles. The third-order valence-electron chi connectivity index (χ3n) is 4.69. The highest BCUT2D eigenvalue weighted by Gasteiger charge is 2.06. The number of fused-ring (bicyclic) bond motifs is 1. The van der Waals surface area contributed by atoms with Gasteiger partial charge in [0.2, 0.25) is 0 Å². The molecule has 0 aliphatic rings. The fourth-order valence-electron chi connectivity index (χ4n) is 3.17. The van der Waals surface area contributed by atoms with Gasteiger partial charge < -0.3 is 4.74 Å². The van der Waals surface area contributed by atoms with Gasteiger partial charge in [0, 0.05) is 16.3 Å². The summed E-state index contributed by atoms with van der Waals surface area (Å²) >= 11 is 3.55. The number of rotatable bonds is 5. The van der Waals surface area contributed by atoms with Crippen molar-refractivity contribution in [3.8, 4) is 5.75 Å². The Bertz CT molecular complexity index is 1140. The quantitative estimate of drug-likeness (QED) is 0.306. The van der Waals surface area contributed by atoms with E-state index in [1.54, 1.807) is 0 Å². The van der Waals surface area contributed by atoms with Gasteiger partial charge in [0.15, 0.2) is 0 Å². The molecule has 0 fully saturated rings. The number of benzene rings is 4. The number of hydrogen-bond donors (Lipinski definition) is 0. The summed E-state index contributed by atoms with van der Waals surface area (Å²) in [5.74, 6) is 0.813. The van der Waals surface area contributed by atoms with Crippen LogP contribution in [-0.2, 0) is 6.61 Å². The summed E-state index contributed by atoms with van der Waals surface area (Å²) < 4.78 is 7.19. The van der Waals surface area contributed by atoms with Crippen LogP contribution in [0.4, 0.5) is 5.69 Å². The molecule has 0 aliphatic heterocycles. The molecule has 0 heterocycles. The highest BCUT2D eigenvalue weighted by Crippen LogP contribution is 2.26. The fourth-order valence-corrected chi connectivity index (χ4v) is 3.55. The van der Waals surface area contributed by atoms with Crippen LogP contribution in [0.2, 0.25) is 0 Å². The van der Waals surface area contributed by atoms with Gasteiger partial charge in [-0.2, -0.15) is 0 Å². The molecule has 0 N–H and O–H groups in total. The molecule has 0 unspecified atom stereocenters. The van der Waals surface area contributed by atoms with Crippen LogP contribution in [0.5, 0.6) is 5.75 Å². The number of aliphatic imine (C=N–C) groups is 1. The highest BCUT2D eigenvalue weighted by atomic mass is 79.9. The van der Waals surface area contributed by atoms with E-state index in [1.165, 1.54) is 16.3 Å². The Morgan fingerprint density at radius 2 is 1.68 bits per heavy atom. The van der Waals surface area contributed by atoms with Crippen LogP contribution >= 0.6 is 15.9 Å². The maximum absolute atomic E-state index is 6.19. The Labute approximate surface area is 173 Å². The molecule has 0 spiro atoms. The zero-order valence-corrected chi connectivity index (χ0v) is 17.2. The predicted molar refractivity (Wildman–Crippen MR) is 121 cm³/mol. The second-order valence-corrected chi connectivity index (χ2v) is 7.57. The normalized spacial score (nSPS) is 11.2. The largest absolute Gasteiger partial charge is 0.488 e. The van der Waals surface area contributed by atoms with Crippen LogP contribution in [0, 0.1) is 6.92 Å². The minimum absolute atomic E-state index is 0.508. The van der Waals surface area contributed by atoms with Gasteiger partial charge >= 0.3 is 0 Å². The molecule has 0 amide bonds. The summed E-state index contributed by atoms with van der Waals surface area (Å²) in [6.07, 6.45) is 1.87. The van der Waals surface area contributed by atoms with E-state index in [-0.39, 0.29) is 0 Å². The fraction of sp³-hybridized carbons (Fsp3) is 0.0800. The molecule has 138 valence electrons.